The average molecular weight is 276 g/mol. The molecule has 6 nitrogen and oxygen atoms in total. The second-order valence-electron chi connectivity index (χ2n) is 4.94. The number of rotatable bonds is 6. The van der Waals surface area contributed by atoms with Crippen LogP contribution in [0.5, 0.6) is 0 Å². The Labute approximate surface area is 109 Å². The van der Waals surface area contributed by atoms with Crippen molar-refractivity contribution < 1.29 is 18.9 Å². The summed E-state index contributed by atoms with van der Waals surface area (Å²) in [4.78, 5) is 22.5. The van der Waals surface area contributed by atoms with E-state index in [0.29, 0.717) is 18.6 Å². The van der Waals surface area contributed by atoms with Crippen LogP contribution in [0.3, 0.4) is 0 Å². The van der Waals surface area contributed by atoms with Gasteiger partial charge < -0.3 is 15.7 Å². The minimum atomic E-state index is -0.969. The highest BCUT2D eigenvalue weighted by molar-refractivity contribution is 7.84. The summed E-state index contributed by atoms with van der Waals surface area (Å²) in [6, 6.07) is -0.577. The minimum Gasteiger partial charge on any atom is -0.481 e. The van der Waals surface area contributed by atoms with Crippen LogP contribution in [0.1, 0.15) is 32.6 Å². The summed E-state index contributed by atoms with van der Waals surface area (Å²) in [5.41, 5.74) is -0.596. The van der Waals surface area contributed by atoms with E-state index in [4.69, 9.17) is 5.11 Å². The number of carbonyl (C=O) groups is 2. The maximum atomic E-state index is 11.7. The average Bonchev–Trinajstić information content (AvgIpc) is 2.11. The number of aliphatic carboxylic acids is 1. The minimum absolute atomic E-state index is 0.0471. The molecule has 0 heterocycles. The number of urea groups is 1. The third-order valence-electron chi connectivity index (χ3n) is 3.04. The highest BCUT2D eigenvalue weighted by Crippen LogP contribution is 2.34. The number of amides is 2. The molecule has 0 aromatic heterocycles. The fraction of sp³-hybridized carbons (Fsp3) is 0.818. The maximum absolute atomic E-state index is 11.7. The van der Waals surface area contributed by atoms with Gasteiger partial charge in [-0.15, -0.1) is 0 Å². The molecule has 0 saturated heterocycles. The van der Waals surface area contributed by atoms with Crippen molar-refractivity contribution in [3.8, 4) is 0 Å². The SMILES string of the molecule is CC(CS(C)=O)NC(=O)NC1(CC(=O)O)CCC1. The second kappa shape index (κ2) is 6.17. The van der Waals surface area contributed by atoms with E-state index in [-0.39, 0.29) is 18.5 Å². The molecule has 1 aliphatic rings. The lowest BCUT2D eigenvalue weighted by atomic mass is 9.74. The largest absolute Gasteiger partial charge is 0.481 e. The van der Waals surface area contributed by atoms with Gasteiger partial charge in [0.05, 0.1) is 12.0 Å². The van der Waals surface area contributed by atoms with Gasteiger partial charge in [-0.25, -0.2) is 4.79 Å². The summed E-state index contributed by atoms with van der Waals surface area (Å²) in [5, 5.41) is 14.2. The fourth-order valence-electron chi connectivity index (χ4n) is 2.13. The molecule has 0 aliphatic heterocycles. The monoisotopic (exact) mass is 276 g/mol. The van der Waals surface area contributed by atoms with Crippen molar-refractivity contribution in [1.29, 1.82) is 0 Å². The first kappa shape index (κ1) is 14.9. The Morgan fingerprint density at radius 3 is 2.44 bits per heavy atom. The molecule has 18 heavy (non-hydrogen) atoms. The topological polar surface area (TPSA) is 95.5 Å². The summed E-state index contributed by atoms with van der Waals surface area (Å²) in [6.45, 7) is 1.77. The Balaban J connectivity index is 2.43. The van der Waals surface area contributed by atoms with E-state index in [2.05, 4.69) is 10.6 Å². The zero-order chi connectivity index (χ0) is 13.8. The van der Waals surface area contributed by atoms with Crippen molar-refractivity contribution in [2.24, 2.45) is 0 Å². The van der Waals surface area contributed by atoms with Crippen LogP contribution in [0.25, 0.3) is 0 Å². The van der Waals surface area contributed by atoms with Crippen LogP contribution in [0.2, 0.25) is 0 Å². The van der Waals surface area contributed by atoms with Crippen LogP contribution in [-0.4, -0.2) is 44.9 Å². The summed E-state index contributed by atoms with van der Waals surface area (Å²) >= 11 is 0. The maximum Gasteiger partial charge on any atom is 0.315 e. The number of carboxylic acids is 1. The lowest BCUT2D eigenvalue weighted by molar-refractivity contribution is -0.139. The van der Waals surface area contributed by atoms with Crippen molar-refractivity contribution in [3.05, 3.63) is 0 Å². The van der Waals surface area contributed by atoms with Crippen LogP contribution in [-0.2, 0) is 15.6 Å². The molecular formula is C11H20N2O4S. The van der Waals surface area contributed by atoms with Crippen LogP contribution in [0.15, 0.2) is 0 Å². The summed E-state index contributed by atoms with van der Waals surface area (Å²) in [6.07, 6.45) is 3.85. The van der Waals surface area contributed by atoms with Gasteiger partial charge in [-0.05, 0) is 26.2 Å². The lowest BCUT2D eigenvalue weighted by Crippen LogP contribution is -2.58. The summed E-state index contributed by atoms with van der Waals surface area (Å²) in [7, 11) is -0.969. The van der Waals surface area contributed by atoms with Gasteiger partial charge in [0.2, 0.25) is 0 Å². The van der Waals surface area contributed by atoms with Gasteiger partial charge >= 0.3 is 12.0 Å². The van der Waals surface area contributed by atoms with Gasteiger partial charge in [0.25, 0.3) is 0 Å². The van der Waals surface area contributed by atoms with E-state index < -0.39 is 22.3 Å². The van der Waals surface area contributed by atoms with Crippen molar-refractivity contribution in [3.63, 3.8) is 0 Å². The Kier molecular flexibility index (Phi) is 5.13. The Bertz CT molecular complexity index is 355. The fourth-order valence-corrected chi connectivity index (χ4v) is 2.92. The van der Waals surface area contributed by atoms with E-state index >= 15 is 0 Å². The predicted octanol–water partition coefficient (Wildman–Crippen LogP) is 0.450. The molecule has 2 unspecified atom stereocenters. The first-order chi connectivity index (χ1) is 8.33. The molecule has 3 N–H and O–H groups in total. The van der Waals surface area contributed by atoms with E-state index in [1.807, 2.05) is 0 Å². The first-order valence-electron chi connectivity index (χ1n) is 5.93. The molecular weight excluding hydrogens is 256 g/mol. The molecule has 104 valence electrons. The number of nitrogens with one attached hydrogen (secondary N) is 2. The smallest absolute Gasteiger partial charge is 0.315 e. The van der Waals surface area contributed by atoms with Crippen molar-refractivity contribution >= 4 is 22.8 Å². The number of hydrogen-bond acceptors (Lipinski definition) is 3. The quantitative estimate of drug-likeness (QED) is 0.656. The predicted molar refractivity (Wildman–Crippen MR) is 68.9 cm³/mol. The molecule has 2 atom stereocenters. The second-order valence-corrected chi connectivity index (χ2v) is 6.42. The third-order valence-corrected chi connectivity index (χ3v) is 4.01. The normalized spacial score (nSPS) is 20.3. The third kappa shape index (κ3) is 4.64. The highest BCUT2D eigenvalue weighted by atomic mass is 32.2. The molecule has 0 aromatic carbocycles. The lowest BCUT2D eigenvalue weighted by Gasteiger charge is -2.41. The van der Waals surface area contributed by atoms with Gasteiger partial charge in [-0.2, -0.15) is 0 Å². The number of carbonyl (C=O) groups excluding carboxylic acids is 1. The van der Waals surface area contributed by atoms with Gasteiger partial charge in [0, 0.05) is 28.9 Å². The highest BCUT2D eigenvalue weighted by Gasteiger charge is 2.40. The van der Waals surface area contributed by atoms with Crippen LogP contribution >= 0.6 is 0 Å². The van der Waals surface area contributed by atoms with E-state index in [1.165, 1.54) is 0 Å². The molecule has 0 radical (unpaired) electrons. The number of hydrogen-bond donors (Lipinski definition) is 3. The van der Waals surface area contributed by atoms with Crippen molar-refractivity contribution in [2.75, 3.05) is 12.0 Å². The van der Waals surface area contributed by atoms with Gasteiger partial charge in [-0.3, -0.25) is 9.00 Å². The molecule has 1 rings (SSSR count). The molecule has 2 amide bonds. The van der Waals surface area contributed by atoms with Crippen LogP contribution in [0.4, 0.5) is 4.79 Å². The summed E-state index contributed by atoms with van der Waals surface area (Å²) < 4.78 is 11.0. The van der Waals surface area contributed by atoms with E-state index in [0.717, 1.165) is 6.42 Å². The zero-order valence-electron chi connectivity index (χ0n) is 10.7. The molecule has 0 aromatic rings. The van der Waals surface area contributed by atoms with Gasteiger partial charge in [-0.1, -0.05) is 0 Å². The Morgan fingerprint density at radius 2 is 2.06 bits per heavy atom. The molecule has 1 fully saturated rings. The number of carboxylic acid groups (broad SMARTS) is 1. The van der Waals surface area contributed by atoms with E-state index in [1.54, 1.807) is 13.2 Å². The van der Waals surface area contributed by atoms with Crippen LogP contribution < -0.4 is 10.6 Å². The zero-order valence-corrected chi connectivity index (χ0v) is 11.5. The molecule has 7 heteroatoms. The Morgan fingerprint density at radius 1 is 1.44 bits per heavy atom. The van der Waals surface area contributed by atoms with Gasteiger partial charge in [0.1, 0.15) is 0 Å². The first-order valence-corrected chi connectivity index (χ1v) is 7.66. The molecule has 0 bridgehead atoms. The Hall–Kier alpha value is -1.11. The standard InChI is InChI=1S/C11H20N2O4S/c1-8(7-18(2)17)12-10(16)13-11(4-3-5-11)6-9(14)15/h8H,3-7H2,1-2H3,(H,14,15)(H2,12,13,16). The van der Waals surface area contributed by atoms with E-state index in [9.17, 15) is 13.8 Å². The van der Waals surface area contributed by atoms with Gasteiger partial charge in [0.15, 0.2) is 0 Å². The summed E-state index contributed by atoms with van der Waals surface area (Å²) in [5.74, 6) is -0.517. The molecule has 0 spiro atoms. The molecule has 1 saturated carbocycles. The molecule has 1 aliphatic carbocycles. The van der Waals surface area contributed by atoms with Crippen molar-refractivity contribution in [1.82, 2.24) is 10.6 Å². The van der Waals surface area contributed by atoms with Crippen LogP contribution in [0, 0.1) is 0 Å². The van der Waals surface area contributed by atoms with Crippen molar-refractivity contribution in [2.45, 2.75) is 44.2 Å².